The fourth-order valence-electron chi connectivity index (χ4n) is 5.31. The molecule has 1 spiro atoms. The lowest BCUT2D eigenvalue weighted by atomic mass is 9.89. The first-order valence-corrected chi connectivity index (χ1v) is 12.7. The van der Waals surface area contributed by atoms with E-state index in [9.17, 15) is 23.2 Å². The Labute approximate surface area is 213 Å². The zero-order chi connectivity index (χ0) is 26.0. The summed E-state index contributed by atoms with van der Waals surface area (Å²) < 4.78 is 27.7. The van der Waals surface area contributed by atoms with Crippen LogP contribution in [-0.4, -0.2) is 54.4 Å². The molecular formula is C27H30F2N4O4. The molecule has 8 nitrogen and oxygen atoms in total. The number of rotatable bonds is 3. The molecule has 2 aromatic rings. The molecule has 0 bridgehead atoms. The molecule has 5 rings (SSSR count). The maximum absolute atomic E-state index is 13.8. The topological polar surface area (TPSA) is 91.0 Å². The van der Waals surface area contributed by atoms with E-state index in [2.05, 4.69) is 10.8 Å². The molecule has 3 aliphatic rings. The van der Waals surface area contributed by atoms with Gasteiger partial charge in [0.1, 0.15) is 11.6 Å². The van der Waals surface area contributed by atoms with Gasteiger partial charge >= 0.3 is 0 Å². The third kappa shape index (κ3) is 5.35. The fraction of sp³-hybridized carbons (Fsp3) is 0.444. The zero-order valence-electron chi connectivity index (χ0n) is 20.5. The summed E-state index contributed by atoms with van der Waals surface area (Å²) >= 11 is 0. The average molecular weight is 513 g/mol. The van der Waals surface area contributed by atoms with Crippen molar-refractivity contribution in [2.45, 2.75) is 50.2 Å². The van der Waals surface area contributed by atoms with E-state index in [1.807, 2.05) is 6.07 Å². The summed E-state index contributed by atoms with van der Waals surface area (Å²) in [6.07, 6.45) is 2.94. The Morgan fingerprint density at radius 2 is 1.76 bits per heavy atom. The summed E-state index contributed by atoms with van der Waals surface area (Å²) in [5, 5.41) is 2.93. The van der Waals surface area contributed by atoms with E-state index in [1.54, 1.807) is 28.0 Å². The van der Waals surface area contributed by atoms with Gasteiger partial charge in [0.15, 0.2) is 5.60 Å². The van der Waals surface area contributed by atoms with E-state index in [1.165, 1.54) is 12.1 Å². The van der Waals surface area contributed by atoms with Gasteiger partial charge < -0.3 is 15.1 Å². The Morgan fingerprint density at radius 3 is 2.46 bits per heavy atom. The smallest absolute Gasteiger partial charge is 0.255 e. The molecule has 10 heteroatoms. The van der Waals surface area contributed by atoms with Crippen molar-refractivity contribution in [3.8, 4) is 0 Å². The molecule has 3 heterocycles. The van der Waals surface area contributed by atoms with Crippen molar-refractivity contribution < 1.29 is 28.0 Å². The number of anilines is 1. The number of carbonyl (C=O) groups excluding carboxylic acids is 3. The Morgan fingerprint density at radius 1 is 1.00 bits per heavy atom. The highest BCUT2D eigenvalue weighted by atomic mass is 19.1. The molecule has 1 atom stereocenters. The minimum absolute atomic E-state index is 0.0552. The number of likely N-dealkylation sites (tertiary alicyclic amines) is 1. The van der Waals surface area contributed by atoms with E-state index in [0.717, 1.165) is 12.5 Å². The average Bonchev–Trinajstić information content (AvgIpc) is 3.34. The molecule has 2 aromatic carbocycles. The van der Waals surface area contributed by atoms with Crippen LogP contribution >= 0.6 is 0 Å². The van der Waals surface area contributed by atoms with E-state index < -0.39 is 23.3 Å². The van der Waals surface area contributed by atoms with Gasteiger partial charge in [-0.3, -0.25) is 19.2 Å². The number of hydroxylamine groups is 1. The second-order valence-corrected chi connectivity index (χ2v) is 9.85. The van der Waals surface area contributed by atoms with Crippen molar-refractivity contribution in [2.24, 2.45) is 0 Å². The lowest BCUT2D eigenvalue weighted by Crippen LogP contribution is -2.58. The molecule has 0 radical (unpaired) electrons. The van der Waals surface area contributed by atoms with Gasteiger partial charge in [0.2, 0.25) is 5.91 Å². The second-order valence-electron chi connectivity index (χ2n) is 9.85. The summed E-state index contributed by atoms with van der Waals surface area (Å²) in [5.74, 6) is -1.89. The monoisotopic (exact) mass is 512 g/mol. The maximum Gasteiger partial charge on any atom is 0.255 e. The van der Waals surface area contributed by atoms with Gasteiger partial charge in [0, 0.05) is 62.8 Å². The standard InChI is InChI=1S/C27H30F2N4O4/c28-20-14-19(15-21(29)17-20)23-6-2-10-30-37-27(26(36)31-23)8-12-32(13-9-27)25(35)18-4-1-5-22(16-18)33-11-3-7-24(33)34/h1,4-5,14-17,23,30H,2-3,6-13H2,(H,31,36)/t23-/m0/s1. The van der Waals surface area contributed by atoms with Crippen molar-refractivity contribution in [3.05, 3.63) is 65.2 Å². The number of nitrogens with one attached hydrogen (secondary N) is 2. The number of hydrogen-bond donors (Lipinski definition) is 2. The summed E-state index contributed by atoms with van der Waals surface area (Å²) in [7, 11) is 0. The van der Waals surface area contributed by atoms with Crippen LogP contribution in [0, 0.1) is 11.6 Å². The summed E-state index contributed by atoms with van der Waals surface area (Å²) in [4.78, 5) is 48.1. The highest BCUT2D eigenvalue weighted by Crippen LogP contribution is 2.31. The molecule has 0 unspecified atom stereocenters. The number of nitrogens with zero attached hydrogens (tertiary/aromatic N) is 2. The largest absolute Gasteiger partial charge is 0.347 e. The van der Waals surface area contributed by atoms with Crippen LogP contribution in [0.1, 0.15) is 60.5 Å². The fourth-order valence-corrected chi connectivity index (χ4v) is 5.31. The molecule has 196 valence electrons. The van der Waals surface area contributed by atoms with Crippen molar-refractivity contribution in [3.63, 3.8) is 0 Å². The van der Waals surface area contributed by atoms with E-state index in [-0.39, 0.29) is 30.6 Å². The Bertz CT molecular complexity index is 1180. The van der Waals surface area contributed by atoms with Crippen LogP contribution in [0.25, 0.3) is 0 Å². The number of benzene rings is 2. The van der Waals surface area contributed by atoms with Gasteiger partial charge in [-0.2, -0.15) is 0 Å². The van der Waals surface area contributed by atoms with Crippen molar-refractivity contribution in [1.82, 2.24) is 15.7 Å². The first-order chi connectivity index (χ1) is 17.8. The highest BCUT2D eigenvalue weighted by molar-refractivity contribution is 5.99. The van der Waals surface area contributed by atoms with Crippen molar-refractivity contribution in [1.29, 1.82) is 0 Å². The zero-order valence-corrected chi connectivity index (χ0v) is 20.5. The molecule has 0 aliphatic carbocycles. The normalized spacial score (nSPS) is 22.4. The van der Waals surface area contributed by atoms with Gasteiger partial charge in [0.05, 0.1) is 6.04 Å². The quantitative estimate of drug-likeness (QED) is 0.659. The molecule has 2 N–H and O–H groups in total. The number of carbonyl (C=O) groups is 3. The van der Waals surface area contributed by atoms with Crippen molar-refractivity contribution in [2.75, 3.05) is 31.1 Å². The summed E-state index contributed by atoms with van der Waals surface area (Å²) in [6, 6.07) is 9.77. The van der Waals surface area contributed by atoms with E-state index in [4.69, 9.17) is 4.84 Å². The minimum Gasteiger partial charge on any atom is -0.347 e. The number of hydrogen-bond acceptors (Lipinski definition) is 5. The van der Waals surface area contributed by atoms with Crippen molar-refractivity contribution >= 4 is 23.4 Å². The van der Waals surface area contributed by atoms with Crippen LogP contribution in [0.5, 0.6) is 0 Å². The molecule has 3 aliphatic heterocycles. The number of amides is 3. The second kappa shape index (κ2) is 10.5. The van der Waals surface area contributed by atoms with E-state index in [0.29, 0.717) is 62.3 Å². The SMILES string of the molecule is O=C(c1cccc(N2CCCC2=O)c1)N1CCC2(CC1)ONCCC[C@@H](c1cc(F)cc(F)c1)NC2=O. The van der Waals surface area contributed by atoms with Gasteiger partial charge in [-0.15, -0.1) is 0 Å². The van der Waals surface area contributed by atoms with Gasteiger partial charge in [-0.05, 0) is 55.2 Å². The first-order valence-electron chi connectivity index (χ1n) is 12.7. The Kier molecular flexibility index (Phi) is 7.21. The number of halogens is 2. The highest BCUT2D eigenvalue weighted by Gasteiger charge is 2.45. The van der Waals surface area contributed by atoms with Gasteiger partial charge in [0.25, 0.3) is 11.8 Å². The summed E-state index contributed by atoms with van der Waals surface area (Å²) in [5.41, 5.74) is 3.23. The lowest BCUT2D eigenvalue weighted by Gasteiger charge is -2.40. The molecule has 0 aromatic heterocycles. The van der Waals surface area contributed by atoms with Crippen LogP contribution in [-0.2, 0) is 14.4 Å². The molecule has 3 fully saturated rings. The predicted octanol–water partition coefficient (Wildman–Crippen LogP) is 3.24. The number of piperidine rings is 1. The molecule has 37 heavy (non-hydrogen) atoms. The predicted molar refractivity (Wildman–Crippen MR) is 131 cm³/mol. The molecule has 3 amide bonds. The minimum atomic E-state index is -1.21. The Balaban J connectivity index is 1.28. The molecule has 3 saturated heterocycles. The van der Waals surface area contributed by atoms with Crippen LogP contribution in [0.4, 0.5) is 14.5 Å². The summed E-state index contributed by atoms with van der Waals surface area (Å²) in [6.45, 7) is 1.70. The maximum atomic E-state index is 13.8. The van der Waals surface area contributed by atoms with Crippen LogP contribution in [0.2, 0.25) is 0 Å². The third-order valence-corrected chi connectivity index (χ3v) is 7.38. The first kappa shape index (κ1) is 25.3. The lowest BCUT2D eigenvalue weighted by molar-refractivity contribution is -0.168. The van der Waals surface area contributed by atoms with Crippen LogP contribution in [0.15, 0.2) is 42.5 Å². The third-order valence-electron chi connectivity index (χ3n) is 7.38. The molecule has 0 saturated carbocycles. The van der Waals surface area contributed by atoms with Gasteiger partial charge in [-0.1, -0.05) is 6.07 Å². The van der Waals surface area contributed by atoms with Crippen LogP contribution < -0.4 is 15.7 Å². The van der Waals surface area contributed by atoms with Crippen LogP contribution in [0.3, 0.4) is 0 Å². The van der Waals surface area contributed by atoms with E-state index >= 15 is 0 Å². The van der Waals surface area contributed by atoms with Gasteiger partial charge in [-0.25, -0.2) is 14.3 Å². The molecular weight excluding hydrogens is 482 g/mol. The Hall–Kier alpha value is -3.37.